The van der Waals surface area contributed by atoms with Crippen molar-refractivity contribution in [1.82, 2.24) is 4.90 Å². The zero-order valence-corrected chi connectivity index (χ0v) is 9.23. The molecule has 0 bridgehead atoms. The van der Waals surface area contributed by atoms with Crippen molar-refractivity contribution in [3.63, 3.8) is 0 Å². The van der Waals surface area contributed by atoms with Gasteiger partial charge in [0.15, 0.2) is 5.84 Å². The van der Waals surface area contributed by atoms with Gasteiger partial charge in [0.25, 0.3) is 0 Å². The molecule has 0 atom stereocenters. The van der Waals surface area contributed by atoms with Gasteiger partial charge in [0.05, 0.1) is 13.2 Å². The largest absolute Gasteiger partial charge is 0.409 e. The van der Waals surface area contributed by atoms with Crippen molar-refractivity contribution in [3.8, 4) is 0 Å². The zero-order chi connectivity index (χ0) is 11.0. The van der Waals surface area contributed by atoms with Crippen molar-refractivity contribution >= 4 is 5.84 Å². The second kappa shape index (κ2) is 7.58. The molecule has 84 valence electrons. The van der Waals surface area contributed by atoms with Crippen LogP contribution >= 0.6 is 0 Å². The number of amidine groups is 1. The van der Waals surface area contributed by atoms with E-state index in [4.69, 9.17) is 15.7 Å². The molecule has 0 saturated heterocycles. The maximum Gasteiger partial charge on any atom is 0.153 e. The molecule has 0 aromatic carbocycles. The van der Waals surface area contributed by atoms with E-state index >= 15 is 0 Å². The third-order valence-corrected chi connectivity index (χ3v) is 1.75. The van der Waals surface area contributed by atoms with Crippen LogP contribution in [0, 0.1) is 5.92 Å². The molecule has 5 heteroatoms. The summed E-state index contributed by atoms with van der Waals surface area (Å²) in [6.45, 7) is 7.12. The van der Waals surface area contributed by atoms with Crippen LogP contribution in [-0.2, 0) is 4.74 Å². The lowest BCUT2D eigenvalue weighted by atomic mass is 10.2. The monoisotopic (exact) mass is 203 g/mol. The van der Waals surface area contributed by atoms with Gasteiger partial charge in [-0.25, -0.2) is 0 Å². The summed E-state index contributed by atoms with van der Waals surface area (Å²) >= 11 is 0. The Bertz CT molecular complexity index is 171. The van der Waals surface area contributed by atoms with E-state index in [1.54, 1.807) is 7.11 Å². The van der Waals surface area contributed by atoms with Crippen LogP contribution in [0.15, 0.2) is 5.16 Å². The minimum absolute atomic E-state index is 0.238. The quantitative estimate of drug-likeness (QED) is 0.271. The van der Waals surface area contributed by atoms with Crippen LogP contribution < -0.4 is 5.73 Å². The number of ether oxygens (including phenoxy) is 1. The van der Waals surface area contributed by atoms with E-state index in [2.05, 4.69) is 23.9 Å². The molecule has 0 saturated carbocycles. The summed E-state index contributed by atoms with van der Waals surface area (Å²) in [5.74, 6) is 0.792. The molecule has 0 aromatic heterocycles. The van der Waals surface area contributed by atoms with Gasteiger partial charge in [-0.2, -0.15) is 0 Å². The highest BCUT2D eigenvalue weighted by molar-refractivity contribution is 5.81. The Morgan fingerprint density at radius 1 is 1.57 bits per heavy atom. The van der Waals surface area contributed by atoms with Gasteiger partial charge < -0.3 is 15.7 Å². The smallest absolute Gasteiger partial charge is 0.153 e. The summed E-state index contributed by atoms with van der Waals surface area (Å²) < 4.78 is 4.98. The van der Waals surface area contributed by atoms with Crippen molar-refractivity contribution in [3.05, 3.63) is 0 Å². The Labute approximate surface area is 85.5 Å². The van der Waals surface area contributed by atoms with Gasteiger partial charge in [0.1, 0.15) is 0 Å². The zero-order valence-electron chi connectivity index (χ0n) is 9.23. The minimum atomic E-state index is 0.238. The number of hydrogen-bond acceptors (Lipinski definition) is 4. The highest BCUT2D eigenvalue weighted by Crippen LogP contribution is 1.98. The van der Waals surface area contributed by atoms with E-state index in [0.29, 0.717) is 19.1 Å². The van der Waals surface area contributed by atoms with Crippen LogP contribution in [0.25, 0.3) is 0 Å². The van der Waals surface area contributed by atoms with Crippen molar-refractivity contribution in [2.75, 3.05) is 33.4 Å². The summed E-state index contributed by atoms with van der Waals surface area (Å²) in [6, 6.07) is 0. The fourth-order valence-electron chi connectivity index (χ4n) is 1.23. The van der Waals surface area contributed by atoms with Crippen LogP contribution in [0.2, 0.25) is 0 Å². The number of rotatable bonds is 7. The first-order chi connectivity index (χ1) is 6.60. The maximum absolute atomic E-state index is 8.45. The summed E-state index contributed by atoms with van der Waals surface area (Å²) in [4.78, 5) is 2.10. The van der Waals surface area contributed by atoms with Gasteiger partial charge >= 0.3 is 0 Å². The third kappa shape index (κ3) is 6.68. The Morgan fingerprint density at radius 2 is 2.21 bits per heavy atom. The molecule has 5 nitrogen and oxygen atoms in total. The van der Waals surface area contributed by atoms with Crippen molar-refractivity contribution in [2.24, 2.45) is 16.8 Å². The third-order valence-electron chi connectivity index (χ3n) is 1.75. The molecule has 0 aliphatic heterocycles. The average Bonchev–Trinajstić information content (AvgIpc) is 2.13. The van der Waals surface area contributed by atoms with Crippen LogP contribution in [0.5, 0.6) is 0 Å². The first kappa shape index (κ1) is 13.2. The number of nitrogens with two attached hydrogens (primary N) is 1. The standard InChI is InChI=1S/C9H21N3O2/c1-8(2)6-12(4-5-14-3)7-9(10)11-13/h8,13H,4-7H2,1-3H3,(H2,10,11). The van der Waals surface area contributed by atoms with Crippen LogP contribution in [0.4, 0.5) is 0 Å². The molecular formula is C9H21N3O2. The molecule has 0 amide bonds. The van der Waals surface area contributed by atoms with Crippen LogP contribution in [-0.4, -0.2) is 49.3 Å². The molecule has 0 rings (SSSR count). The summed E-state index contributed by atoms with van der Waals surface area (Å²) in [5.41, 5.74) is 5.44. The van der Waals surface area contributed by atoms with E-state index in [1.165, 1.54) is 0 Å². The molecule has 0 radical (unpaired) electrons. The SMILES string of the molecule is COCCN(CC(N)=NO)CC(C)C. The molecule has 0 heterocycles. The second-order valence-electron chi connectivity index (χ2n) is 3.71. The molecule has 3 N–H and O–H groups in total. The lowest BCUT2D eigenvalue weighted by molar-refractivity contribution is 0.149. The fraction of sp³-hybridized carbons (Fsp3) is 0.889. The van der Waals surface area contributed by atoms with Crippen molar-refractivity contribution in [2.45, 2.75) is 13.8 Å². The van der Waals surface area contributed by atoms with Gasteiger partial charge in [-0.1, -0.05) is 19.0 Å². The molecule has 0 unspecified atom stereocenters. The molecule has 0 aliphatic rings. The Morgan fingerprint density at radius 3 is 2.64 bits per heavy atom. The summed E-state index contributed by atoms with van der Waals surface area (Å²) in [5, 5.41) is 11.4. The van der Waals surface area contributed by atoms with E-state index in [9.17, 15) is 0 Å². The van der Waals surface area contributed by atoms with Gasteiger partial charge in [-0.15, -0.1) is 0 Å². The Hall–Kier alpha value is -0.810. The van der Waals surface area contributed by atoms with Gasteiger partial charge in [-0.05, 0) is 5.92 Å². The van der Waals surface area contributed by atoms with E-state index in [0.717, 1.165) is 13.1 Å². The number of hydrogen-bond donors (Lipinski definition) is 2. The second-order valence-corrected chi connectivity index (χ2v) is 3.71. The molecule has 0 fully saturated rings. The van der Waals surface area contributed by atoms with E-state index in [-0.39, 0.29) is 5.84 Å². The first-order valence-corrected chi connectivity index (χ1v) is 4.77. The Balaban J connectivity index is 3.96. The van der Waals surface area contributed by atoms with Gasteiger partial charge in [0, 0.05) is 20.2 Å². The molecule has 0 spiro atoms. The van der Waals surface area contributed by atoms with Crippen molar-refractivity contribution < 1.29 is 9.94 Å². The average molecular weight is 203 g/mol. The predicted octanol–water partition coefficient (Wildman–Crippen LogP) is 0.337. The molecule has 0 aromatic rings. The molecule has 14 heavy (non-hydrogen) atoms. The highest BCUT2D eigenvalue weighted by atomic mass is 16.5. The van der Waals surface area contributed by atoms with Gasteiger partial charge in [-0.3, -0.25) is 4.90 Å². The van der Waals surface area contributed by atoms with Crippen LogP contribution in [0.1, 0.15) is 13.8 Å². The minimum Gasteiger partial charge on any atom is -0.409 e. The first-order valence-electron chi connectivity index (χ1n) is 4.77. The maximum atomic E-state index is 8.45. The predicted molar refractivity (Wildman–Crippen MR) is 56.6 cm³/mol. The lowest BCUT2D eigenvalue weighted by Crippen LogP contribution is -2.38. The fourth-order valence-corrected chi connectivity index (χ4v) is 1.23. The number of oxime groups is 1. The van der Waals surface area contributed by atoms with Crippen LogP contribution in [0.3, 0.4) is 0 Å². The summed E-state index contributed by atoms with van der Waals surface area (Å²) in [6.07, 6.45) is 0. The van der Waals surface area contributed by atoms with Gasteiger partial charge in [0.2, 0.25) is 0 Å². The Kier molecular flexibility index (Phi) is 7.14. The van der Waals surface area contributed by atoms with Crippen molar-refractivity contribution in [1.29, 1.82) is 0 Å². The number of methoxy groups -OCH3 is 1. The van der Waals surface area contributed by atoms with E-state index in [1.807, 2.05) is 0 Å². The lowest BCUT2D eigenvalue weighted by Gasteiger charge is -2.22. The van der Waals surface area contributed by atoms with E-state index < -0.39 is 0 Å². The topological polar surface area (TPSA) is 71.1 Å². The highest BCUT2D eigenvalue weighted by Gasteiger charge is 2.08. The summed E-state index contributed by atoms with van der Waals surface area (Å²) in [7, 11) is 1.66. The molecule has 0 aliphatic carbocycles. The number of nitrogens with zero attached hydrogens (tertiary/aromatic N) is 2. The molecular weight excluding hydrogens is 182 g/mol. The normalized spacial score (nSPS) is 12.8.